The highest BCUT2D eigenvalue weighted by atomic mass is 19.1. The first kappa shape index (κ1) is 13.1. The third-order valence-corrected chi connectivity index (χ3v) is 3.64. The lowest BCUT2D eigenvalue weighted by Gasteiger charge is -2.20. The average molecular weight is 251 g/mol. The van der Waals surface area contributed by atoms with Crippen molar-refractivity contribution in [2.45, 2.75) is 26.3 Å². The summed E-state index contributed by atoms with van der Waals surface area (Å²) in [5.74, 6) is 0.363. The summed E-state index contributed by atoms with van der Waals surface area (Å²) in [5, 5.41) is 3.32. The van der Waals surface area contributed by atoms with E-state index in [1.54, 1.807) is 6.07 Å². The van der Waals surface area contributed by atoms with Crippen LogP contribution < -0.4 is 11.1 Å². The third kappa shape index (κ3) is 3.13. The van der Waals surface area contributed by atoms with E-state index in [9.17, 15) is 4.39 Å². The van der Waals surface area contributed by atoms with E-state index in [2.05, 4.69) is 24.1 Å². The van der Waals surface area contributed by atoms with Gasteiger partial charge in [-0.05, 0) is 50.9 Å². The van der Waals surface area contributed by atoms with Crippen LogP contribution in [-0.2, 0) is 0 Å². The number of hydrogen-bond donors (Lipinski definition) is 2. The second-order valence-electron chi connectivity index (χ2n) is 5.36. The minimum absolute atomic E-state index is 0.287. The maximum atomic E-state index is 12.9. The Morgan fingerprint density at radius 3 is 2.89 bits per heavy atom. The molecule has 1 aromatic carbocycles. The SMILES string of the molecule is CC(C)N1CCC(CNc2ccc(F)cc2N)C1. The summed E-state index contributed by atoms with van der Waals surface area (Å²) in [6.45, 7) is 7.66. The Balaban J connectivity index is 1.85. The summed E-state index contributed by atoms with van der Waals surface area (Å²) >= 11 is 0. The summed E-state index contributed by atoms with van der Waals surface area (Å²) in [4.78, 5) is 2.49. The number of anilines is 2. The van der Waals surface area contributed by atoms with Gasteiger partial charge in [-0.1, -0.05) is 0 Å². The quantitative estimate of drug-likeness (QED) is 0.808. The summed E-state index contributed by atoms with van der Waals surface area (Å²) in [6, 6.07) is 5.12. The zero-order chi connectivity index (χ0) is 13.1. The highest BCUT2D eigenvalue weighted by Gasteiger charge is 2.23. The second kappa shape index (κ2) is 5.57. The molecule has 0 aromatic heterocycles. The van der Waals surface area contributed by atoms with E-state index in [4.69, 9.17) is 5.73 Å². The standard InChI is InChI=1S/C14H22FN3/c1-10(2)18-6-5-11(9-18)8-17-14-4-3-12(15)7-13(14)16/h3-4,7,10-11,17H,5-6,8-9,16H2,1-2H3. The van der Waals surface area contributed by atoms with Crippen molar-refractivity contribution < 1.29 is 4.39 Å². The Kier molecular flexibility index (Phi) is 4.07. The van der Waals surface area contributed by atoms with Gasteiger partial charge in [-0.25, -0.2) is 4.39 Å². The van der Waals surface area contributed by atoms with Crippen LogP contribution in [0.5, 0.6) is 0 Å². The van der Waals surface area contributed by atoms with Crippen molar-refractivity contribution in [3.05, 3.63) is 24.0 Å². The smallest absolute Gasteiger partial charge is 0.125 e. The van der Waals surface area contributed by atoms with Crippen molar-refractivity contribution in [1.29, 1.82) is 0 Å². The van der Waals surface area contributed by atoms with Crippen molar-refractivity contribution in [2.24, 2.45) is 5.92 Å². The molecule has 1 aromatic rings. The molecular weight excluding hydrogens is 229 g/mol. The van der Waals surface area contributed by atoms with E-state index in [0.29, 0.717) is 17.6 Å². The zero-order valence-corrected chi connectivity index (χ0v) is 11.1. The van der Waals surface area contributed by atoms with Gasteiger partial charge in [-0.2, -0.15) is 0 Å². The molecule has 1 saturated heterocycles. The Labute approximate surface area is 108 Å². The molecule has 0 saturated carbocycles. The fourth-order valence-electron chi connectivity index (χ4n) is 2.45. The first-order valence-corrected chi connectivity index (χ1v) is 6.59. The van der Waals surface area contributed by atoms with Gasteiger partial charge in [0.25, 0.3) is 0 Å². The van der Waals surface area contributed by atoms with E-state index < -0.39 is 0 Å². The second-order valence-corrected chi connectivity index (χ2v) is 5.36. The van der Waals surface area contributed by atoms with Gasteiger partial charge < -0.3 is 16.0 Å². The van der Waals surface area contributed by atoms with E-state index in [0.717, 1.165) is 18.8 Å². The first-order valence-electron chi connectivity index (χ1n) is 6.59. The van der Waals surface area contributed by atoms with Crippen LogP contribution >= 0.6 is 0 Å². The van der Waals surface area contributed by atoms with Gasteiger partial charge in [-0.15, -0.1) is 0 Å². The number of nitrogens with one attached hydrogen (secondary N) is 1. The number of nitrogens with zero attached hydrogens (tertiary/aromatic N) is 1. The number of rotatable bonds is 4. The van der Waals surface area contributed by atoms with E-state index in [-0.39, 0.29) is 5.82 Å². The Morgan fingerprint density at radius 2 is 2.28 bits per heavy atom. The zero-order valence-electron chi connectivity index (χ0n) is 11.1. The lowest BCUT2D eigenvalue weighted by molar-refractivity contribution is 0.266. The molecule has 0 radical (unpaired) electrons. The number of nitrogens with two attached hydrogens (primary N) is 1. The van der Waals surface area contributed by atoms with Crippen molar-refractivity contribution in [2.75, 3.05) is 30.7 Å². The minimum Gasteiger partial charge on any atom is -0.397 e. The van der Waals surface area contributed by atoms with Crippen LogP contribution in [0.3, 0.4) is 0 Å². The molecule has 4 heteroatoms. The van der Waals surface area contributed by atoms with Gasteiger partial charge in [0.2, 0.25) is 0 Å². The number of nitrogen functional groups attached to an aromatic ring is 1. The van der Waals surface area contributed by atoms with Crippen molar-refractivity contribution in [3.63, 3.8) is 0 Å². The molecule has 2 rings (SSSR count). The highest BCUT2D eigenvalue weighted by Crippen LogP contribution is 2.22. The average Bonchev–Trinajstić information content (AvgIpc) is 2.76. The van der Waals surface area contributed by atoms with Crippen LogP contribution in [0.2, 0.25) is 0 Å². The molecule has 0 amide bonds. The molecule has 0 spiro atoms. The van der Waals surface area contributed by atoms with E-state index >= 15 is 0 Å². The van der Waals surface area contributed by atoms with Gasteiger partial charge in [0.15, 0.2) is 0 Å². The fourth-order valence-corrected chi connectivity index (χ4v) is 2.45. The van der Waals surface area contributed by atoms with E-state index in [1.165, 1.54) is 25.1 Å². The van der Waals surface area contributed by atoms with Gasteiger partial charge in [0.1, 0.15) is 5.82 Å². The van der Waals surface area contributed by atoms with Crippen LogP contribution in [0.15, 0.2) is 18.2 Å². The number of halogens is 1. The topological polar surface area (TPSA) is 41.3 Å². The van der Waals surface area contributed by atoms with Gasteiger partial charge in [0, 0.05) is 19.1 Å². The Hall–Kier alpha value is -1.29. The van der Waals surface area contributed by atoms with Crippen LogP contribution in [0, 0.1) is 11.7 Å². The molecule has 18 heavy (non-hydrogen) atoms. The predicted octanol–water partition coefficient (Wildman–Crippen LogP) is 2.55. The molecule has 1 heterocycles. The lowest BCUT2D eigenvalue weighted by Crippen LogP contribution is -2.29. The highest BCUT2D eigenvalue weighted by molar-refractivity contribution is 5.65. The molecule has 1 aliphatic rings. The van der Waals surface area contributed by atoms with Crippen LogP contribution in [0.4, 0.5) is 15.8 Å². The molecule has 1 atom stereocenters. The predicted molar refractivity (Wildman–Crippen MR) is 74.1 cm³/mol. The molecule has 3 nitrogen and oxygen atoms in total. The molecule has 3 N–H and O–H groups in total. The maximum Gasteiger partial charge on any atom is 0.125 e. The summed E-state index contributed by atoms with van der Waals surface area (Å²) in [7, 11) is 0. The molecule has 1 unspecified atom stereocenters. The monoisotopic (exact) mass is 251 g/mol. The fraction of sp³-hybridized carbons (Fsp3) is 0.571. The molecule has 0 bridgehead atoms. The Bertz CT molecular complexity index is 406. The molecule has 100 valence electrons. The first-order chi connectivity index (χ1) is 8.56. The normalized spacial score (nSPS) is 20.6. The van der Waals surface area contributed by atoms with Crippen LogP contribution in [-0.4, -0.2) is 30.6 Å². The molecular formula is C14H22FN3. The Morgan fingerprint density at radius 1 is 1.50 bits per heavy atom. The van der Waals surface area contributed by atoms with Crippen molar-refractivity contribution in [1.82, 2.24) is 4.90 Å². The maximum absolute atomic E-state index is 12.9. The van der Waals surface area contributed by atoms with Crippen molar-refractivity contribution >= 4 is 11.4 Å². The molecule has 0 aliphatic carbocycles. The minimum atomic E-state index is -0.287. The van der Waals surface area contributed by atoms with Crippen LogP contribution in [0.1, 0.15) is 20.3 Å². The summed E-state index contributed by atoms with van der Waals surface area (Å²) in [5.41, 5.74) is 7.08. The molecule has 1 fully saturated rings. The number of benzene rings is 1. The van der Waals surface area contributed by atoms with Gasteiger partial charge in [0.05, 0.1) is 11.4 Å². The van der Waals surface area contributed by atoms with Gasteiger partial charge in [-0.3, -0.25) is 0 Å². The number of likely N-dealkylation sites (tertiary alicyclic amines) is 1. The lowest BCUT2D eigenvalue weighted by atomic mass is 10.1. The third-order valence-electron chi connectivity index (χ3n) is 3.64. The summed E-state index contributed by atoms with van der Waals surface area (Å²) < 4.78 is 12.9. The van der Waals surface area contributed by atoms with Crippen LogP contribution in [0.25, 0.3) is 0 Å². The van der Waals surface area contributed by atoms with Crippen molar-refractivity contribution in [3.8, 4) is 0 Å². The number of hydrogen-bond acceptors (Lipinski definition) is 3. The summed E-state index contributed by atoms with van der Waals surface area (Å²) in [6.07, 6.45) is 1.21. The molecule has 1 aliphatic heterocycles. The largest absolute Gasteiger partial charge is 0.397 e. The van der Waals surface area contributed by atoms with Gasteiger partial charge >= 0.3 is 0 Å². The van der Waals surface area contributed by atoms with E-state index in [1.807, 2.05) is 0 Å².